The maximum atomic E-state index is 12.7. The lowest BCUT2D eigenvalue weighted by Gasteiger charge is -2.27. The van der Waals surface area contributed by atoms with Crippen LogP contribution in [0, 0.1) is 0 Å². The Balaban J connectivity index is 2.14. The van der Waals surface area contributed by atoms with Crippen molar-refractivity contribution in [2.75, 3.05) is 16.9 Å². The minimum absolute atomic E-state index is 0.0185. The van der Waals surface area contributed by atoms with Gasteiger partial charge in [0, 0.05) is 27.4 Å². The first kappa shape index (κ1) is 20.0. The van der Waals surface area contributed by atoms with Gasteiger partial charge in [0.15, 0.2) is 9.84 Å². The highest BCUT2D eigenvalue weighted by Crippen LogP contribution is 2.24. The van der Waals surface area contributed by atoms with Crippen LogP contribution in [0.4, 0.5) is 5.69 Å². The summed E-state index contributed by atoms with van der Waals surface area (Å²) in [6.07, 6.45) is 1.17. The lowest BCUT2D eigenvalue weighted by atomic mass is 10.2. The zero-order valence-electron chi connectivity index (χ0n) is 14.3. The molecule has 4 nitrogen and oxygen atoms in total. The van der Waals surface area contributed by atoms with E-state index in [2.05, 4.69) is 15.9 Å². The molecule has 0 spiro atoms. The molecule has 0 N–H and O–H groups in total. The maximum absolute atomic E-state index is 12.7. The summed E-state index contributed by atoms with van der Waals surface area (Å²) in [6, 6.07) is 14.2. The molecule has 0 saturated carbocycles. The minimum atomic E-state index is -3.25. The second-order valence-electron chi connectivity index (χ2n) is 5.87. The van der Waals surface area contributed by atoms with Gasteiger partial charge in [-0.1, -0.05) is 15.9 Å². The normalized spacial score (nSPS) is 11.6. The highest BCUT2D eigenvalue weighted by Gasteiger charge is 2.20. The van der Waals surface area contributed by atoms with Crippen molar-refractivity contribution in [3.8, 4) is 0 Å². The van der Waals surface area contributed by atoms with Crippen molar-refractivity contribution in [3.05, 3.63) is 53.0 Å². The van der Waals surface area contributed by atoms with Gasteiger partial charge in [0.2, 0.25) is 5.91 Å². The van der Waals surface area contributed by atoms with Crippen molar-refractivity contribution in [2.24, 2.45) is 0 Å². The van der Waals surface area contributed by atoms with E-state index in [-0.39, 0.29) is 16.8 Å². The van der Waals surface area contributed by atoms with Gasteiger partial charge in [-0.3, -0.25) is 4.79 Å². The quantitative estimate of drug-likeness (QED) is 0.623. The Labute approximate surface area is 161 Å². The summed E-state index contributed by atoms with van der Waals surface area (Å²) in [4.78, 5) is 15.6. The fourth-order valence-corrected chi connectivity index (χ4v) is 3.98. The van der Waals surface area contributed by atoms with E-state index in [4.69, 9.17) is 0 Å². The largest absolute Gasteiger partial charge is 0.309 e. The summed E-state index contributed by atoms with van der Waals surface area (Å²) in [5, 5.41) is 0. The first-order chi connectivity index (χ1) is 11.7. The third-order valence-corrected chi connectivity index (χ3v) is 6.16. The van der Waals surface area contributed by atoms with Gasteiger partial charge >= 0.3 is 0 Å². The van der Waals surface area contributed by atoms with E-state index in [9.17, 15) is 13.2 Å². The van der Waals surface area contributed by atoms with E-state index in [0.717, 1.165) is 9.37 Å². The lowest BCUT2D eigenvalue weighted by molar-refractivity contribution is -0.116. The molecule has 2 aromatic rings. The van der Waals surface area contributed by atoms with Gasteiger partial charge in [-0.2, -0.15) is 0 Å². The molecule has 0 radical (unpaired) electrons. The van der Waals surface area contributed by atoms with E-state index in [0.29, 0.717) is 11.4 Å². The molecule has 0 unspecified atom stereocenters. The fourth-order valence-electron chi connectivity index (χ4n) is 2.33. The minimum Gasteiger partial charge on any atom is -0.309 e. The number of sulfone groups is 1. The van der Waals surface area contributed by atoms with Crippen LogP contribution in [0.3, 0.4) is 0 Å². The molecule has 25 heavy (non-hydrogen) atoms. The zero-order chi connectivity index (χ0) is 18.6. The third kappa shape index (κ3) is 5.59. The predicted molar refractivity (Wildman–Crippen MR) is 107 cm³/mol. The van der Waals surface area contributed by atoms with E-state index >= 15 is 0 Å². The number of hydrogen-bond acceptors (Lipinski definition) is 4. The number of carbonyl (C=O) groups excluding carboxylic acids is 1. The van der Waals surface area contributed by atoms with E-state index in [1.54, 1.807) is 17.0 Å². The molecule has 0 aliphatic carbocycles. The van der Waals surface area contributed by atoms with Crippen LogP contribution in [0.15, 0.2) is 62.8 Å². The molecule has 0 bridgehead atoms. The molecular weight excluding hydrogens is 422 g/mol. The molecule has 0 aliphatic heterocycles. The van der Waals surface area contributed by atoms with Crippen LogP contribution in [0.2, 0.25) is 0 Å². The van der Waals surface area contributed by atoms with Crippen LogP contribution in [0.5, 0.6) is 0 Å². The molecule has 0 fully saturated rings. The first-order valence-corrected chi connectivity index (χ1v) is 11.4. The molecule has 2 rings (SSSR count). The van der Waals surface area contributed by atoms with Gasteiger partial charge < -0.3 is 4.90 Å². The lowest BCUT2D eigenvalue weighted by Crippen LogP contribution is -2.38. The molecule has 0 saturated heterocycles. The Morgan fingerprint density at radius 2 is 1.64 bits per heavy atom. The highest BCUT2D eigenvalue weighted by atomic mass is 79.9. The van der Waals surface area contributed by atoms with Crippen LogP contribution in [0.1, 0.15) is 13.8 Å². The number of rotatable bonds is 6. The van der Waals surface area contributed by atoms with Crippen LogP contribution in [-0.4, -0.2) is 32.4 Å². The number of hydrogen-bond donors (Lipinski definition) is 0. The van der Waals surface area contributed by atoms with Gasteiger partial charge in [-0.05, 0) is 62.4 Å². The predicted octanol–water partition coefficient (Wildman–Crippen LogP) is 4.39. The van der Waals surface area contributed by atoms with Gasteiger partial charge in [0.1, 0.15) is 0 Å². The van der Waals surface area contributed by atoms with Gasteiger partial charge in [-0.15, -0.1) is 11.8 Å². The summed E-state index contributed by atoms with van der Waals surface area (Å²) in [6.45, 7) is 3.87. The standard InChI is InChI=1S/C18H20BrNO3S2/c1-13(2)20(15-6-10-17(11-7-15)25(3,22)23)18(21)12-24-16-8-4-14(19)5-9-16/h4-11,13H,12H2,1-3H3. The van der Waals surface area contributed by atoms with E-state index in [1.807, 2.05) is 38.1 Å². The number of amides is 1. The number of anilines is 1. The summed E-state index contributed by atoms with van der Waals surface area (Å²) in [7, 11) is -3.25. The molecule has 7 heteroatoms. The Bertz CT molecular complexity index is 832. The Morgan fingerprint density at radius 3 is 2.12 bits per heavy atom. The van der Waals surface area contributed by atoms with Crippen LogP contribution in [0.25, 0.3) is 0 Å². The Morgan fingerprint density at radius 1 is 1.08 bits per heavy atom. The number of thioether (sulfide) groups is 1. The molecular formula is C18H20BrNO3S2. The van der Waals surface area contributed by atoms with Crippen molar-refractivity contribution in [1.29, 1.82) is 0 Å². The average molecular weight is 442 g/mol. The first-order valence-electron chi connectivity index (χ1n) is 7.69. The topological polar surface area (TPSA) is 54.5 Å². The SMILES string of the molecule is CC(C)N(C(=O)CSc1ccc(Br)cc1)c1ccc(S(C)(=O)=O)cc1. The molecule has 134 valence electrons. The van der Waals surface area contributed by atoms with Gasteiger partial charge in [0.05, 0.1) is 10.6 Å². The number of benzene rings is 2. The van der Waals surface area contributed by atoms with E-state index < -0.39 is 9.84 Å². The van der Waals surface area contributed by atoms with Crippen molar-refractivity contribution in [3.63, 3.8) is 0 Å². The zero-order valence-corrected chi connectivity index (χ0v) is 17.5. The Hall–Kier alpha value is -1.31. The molecule has 2 aromatic carbocycles. The maximum Gasteiger partial charge on any atom is 0.237 e. The highest BCUT2D eigenvalue weighted by molar-refractivity contribution is 9.10. The molecule has 0 aliphatic rings. The molecule has 0 aromatic heterocycles. The third-order valence-electron chi connectivity index (χ3n) is 3.50. The monoisotopic (exact) mass is 441 g/mol. The number of halogens is 1. The summed E-state index contributed by atoms with van der Waals surface area (Å²) in [5.74, 6) is 0.295. The number of nitrogens with zero attached hydrogens (tertiary/aromatic N) is 1. The van der Waals surface area contributed by atoms with Crippen molar-refractivity contribution in [1.82, 2.24) is 0 Å². The van der Waals surface area contributed by atoms with E-state index in [1.165, 1.54) is 30.2 Å². The van der Waals surface area contributed by atoms with Crippen molar-refractivity contribution >= 4 is 49.1 Å². The second-order valence-corrected chi connectivity index (χ2v) is 9.85. The molecule has 0 heterocycles. The van der Waals surface area contributed by atoms with Crippen molar-refractivity contribution < 1.29 is 13.2 Å². The van der Waals surface area contributed by atoms with Crippen molar-refractivity contribution in [2.45, 2.75) is 29.7 Å². The Kier molecular flexibility index (Phi) is 6.71. The van der Waals surface area contributed by atoms with Crippen LogP contribution >= 0.6 is 27.7 Å². The molecule has 1 amide bonds. The van der Waals surface area contributed by atoms with Gasteiger partial charge in [-0.25, -0.2) is 8.42 Å². The van der Waals surface area contributed by atoms with Crippen LogP contribution < -0.4 is 4.90 Å². The average Bonchev–Trinajstić information content (AvgIpc) is 2.54. The summed E-state index contributed by atoms with van der Waals surface area (Å²) >= 11 is 4.87. The summed E-state index contributed by atoms with van der Waals surface area (Å²) < 4.78 is 24.2. The van der Waals surface area contributed by atoms with Crippen LogP contribution in [-0.2, 0) is 14.6 Å². The summed E-state index contributed by atoms with van der Waals surface area (Å²) in [5.41, 5.74) is 0.698. The second kappa shape index (κ2) is 8.38. The molecule has 0 atom stereocenters. The van der Waals surface area contributed by atoms with Gasteiger partial charge in [0.25, 0.3) is 0 Å². The number of carbonyl (C=O) groups is 1. The fraction of sp³-hybridized carbons (Fsp3) is 0.278. The smallest absolute Gasteiger partial charge is 0.237 e.